The van der Waals surface area contributed by atoms with Crippen molar-refractivity contribution >= 4 is 22.8 Å². The summed E-state index contributed by atoms with van der Waals surface area (Å²) in [5, 5.41) is 0.746. The lowest BCUT2D eigenvalue weighted by molar-refractivity contribution is 0.104. The number of aromatic nitrogens is 2. The number of fused-ring (bicyclic) bond motifs is 1. The first kappa shape index (κ1) is 18.4. The second-order valence-electron chi connectivity index (χ2n) is 6.46. The topological polar surface area (TPSA) is 72.1 Å². The van der Waals surface area contributed by atoms with Crippen LogP contribution in [-0.2, 0) is 0 Å². The summed E-state index contributed by atoms with van der Waals surface area (Å²) in [6, 6.07) is 18.4. The monoisotopic (exact) mass is 382 g/mol. The third-order valence-electron chi connectivity index (χ3n) is 4.66. The van der Waals surface area contributed by atoms with Gasteiger partial charge in [0.2, 0.25) is 0 Å². The van der Waals surface area contributed by atoms with Crippen molar-refractivity contribution in [1.29, 1.82) is 0 Å². The van der Waals surface area contributed by atoms with Gasteiger partial charge in [-0.2, -0.15) is 0 Å². The highest BCUT2D eigenvalue weighted by molar-refractivity contribution is 6.15. The van der Waals surface area contributed by atoms with Crippen LogP contribution in [0.3, 0.4) is 0 Å². The molecule has 0 aliphatic rings. The summed E-state index contributed by atoms with van der Waals surface area (Å²) in [6.45, 7) is 0. The minimum Gasteiger partial charge on any atom is -0.497 e. The molecular weight excluding hydrogens is 364 g/mol. The molecule has 5 heteroatoms. The lowest BCUT2D eigenvalue weighted by atomic mass is 9.93. The Bertz CT molecular complexity index is 1260. The molecule has 2 aromatic carbocycles. The molecule has 0 saturated heterocycles. The minimum atomic E-state index is -0.425. The molecule has 4 rings (SSSR count). The second-order valence-corrected chi connectivity index (χ2v) is 6.46. The first-order valence-corrected chi connectivity index (χ1v) is 9.09. The third kappa shape index (κ3) is 3.71. The van der Waals surface area contributed by atoms with Crippen molar-refractivity contribution in [1.82, 2.24) is 9.97 Å². The van der Waals surface area contributed by atoms with Crippen LogP contribution >= 0.6 is 0 Å². The molecule has 0 aliphatic carbocycles. The van der Waals surface area contributed by atoms with Gasteiger partial charge in [0.1, 0.15) is 5.75 Å². The SMILES string of the molecule is COc1ccc2[nH]c(=O)c(C(=O)/C=C/c3ccncc3)c(-c3ccccc3)c2c1. The van der Waals surface area contributed by atoms with Crippen LogP contribution in [0.4, 0.5) is 0 Å². The normalized spacial score (nSPS) is 11.1. The van der Waals surface area contributed by atoms with Gasteiger partial charge in [0.05, 0.1) is 12.7 Å². The van der Waals surface area contributed by atoms with E-state index in [0.717, 1.165) is 16.5 Å². The van der Waals surface area contributed by atoms with Gasteiger partial charge >= 0.3 is 0 Å². The van der Waals surface area contributed by atoms with Crippen LogP contribution in [-0.4, -0.2) is 22.9 Å². The van der Waals surface area contributed by atoms with Gasteiger partial charge in [-0.25, -0.2) is 0 Å². The highest BCUT2D eigenvalue weighted by Crippen LogP contribution is 2.32. The van der Waals surface area contributed by atoms with Gasteiger partial charge in [-0.05, 0) is 47.5 Å². The highest BCUT2D eigenvalue weighted by atomic mass is 16.5. The van der Waals surface area contributed by atoms with E-state index < -0.39 is 5.56 Å². The average Bonchev–Trinajstić information content (AvgIpc) is 2.77. The molecule has 0 bridgehead atoms. The Labute approximate surface area is 167 Å². The largest absolute Gasteiger partial charge is 0.497 e. The number of rotatable bonds is 5. The predicted octanol–water partition coefficient (Wildman–Crippen LogP) is 4.49. The van der Waals surface area contributed by atoms with Gasteiger partial charge in [-0.15, -0.1) is 0 Å². The number of carbonyl (C=O) groups is 1. The van der Waals surface area contributed by atoms with Crippen molar-refractivity contribution in [3.05, 3.63) is 101 Å². The summed E-state index contributed by atoms with van der Waals surface area (Å²) in [5.41, 5.74) is 2.52. The fourth-order valence-electron chi connectivity index (χ4n) is 3.27. The Balaban J connectivity index is 1.95. The number of carbonyl (C=O) groups excluding carboxylic acids is 1. The van der Waals surface area contributed by atoms with Gasteiger partial charge in [0, 0.05) is 28.9 Å². The van der Waals surface area contributed by atoms with Crippen LogP contribution in [0.1, 0.15) is 15.9 Å². The number of hydrogen-bond donors (Lipinski definition) is 1. The summed E-state index contributed by atoms with van der Waals surface area (Å²) in [4.78, 5) is 32.7. The summed E-state index contributed by atoms with van der Waals surface area (Å²) < 4.78 is 5.35. The molecule has 1 N–H and O–H groups in total. The zero-order chi connectivity index (χ0) is 20.2. The molecule has 5 nitrogen and oxygen atoms in total. The van der Waals surface area contributed by atoms with E-state index in [1.165, 1.54) is 6.08 Å². The zero-order valence-electron chi connectivity index (χ0n) is 15.8. The molecule has 0 fully saturated rings. The molecule has 142 valence electrons. The van der Waals surface area contributed by atoms with Crippen molar-refractivity contribution in [2.45, 2.75) is 0 Å². The maximum absolute atomic E-state index is 13.1. The van der Waals surface area contributed by atoms with Crippen LogP contribution in [0, 0.1) is 0 Å². The number of H-pyrrole nitrogens is 1. The van der Waals surface area contributed by atoms with Crippen molar-refractivity contribution in [2.24, 2.45) is 0 Å². The van der Waals surface area contributed by atoms with Crippen molar-refractivity contribution in [2.75, 3.05) is 7.11 Å². The van der Waals surface area contributed by atoms with Gasteiger partial charge in [-0.1, -0.05) is 36.4 Å². The van der Waals surface area contributed by atoms with Crippen LogP contribution in [0.15, 0.2) is 83.9 Å². The Morgan fingerprint density at radius 2 is 1.79 bits per heavy atom. The van der Waals surface area contributed by atoms with Crippen LogP contribution in [0.5, 0.6) is 5.75 Å². The number of pyridine rings is 2. The molecule has 29 heavy (non-hydrogen) atoms. The van der Waals surface area contributed by atoms with Crippen molar-refractivity contribution in [3.63, 3.8) is 0 Å². The molecule has 0 radical (unpaired) electrons. The molecule has 2 aromatic heterocycles. The van der Waals surface area contributed by atoms with Gasteiger partial charge in [-0.3, -0.25) is 14.6 Å². The van der Waals surface area contributed by atoms with Crippen molar-refractivity contribution in [3.8, 4) is 16.9 Å². The third-order valence-corrected chi connectivity index (χ3v) is 4.66. The van der Waals surface area contributed by atoms with Crippen LogP contribution in [0.25, 0.3) is 28.1 Å². The molecule has 0 amide bonds. The van der Waals surface area contributed by atoms with E-state index in [2.05, 4.69) is 9.97 Å². The smallest absolute Gasteiger partial charge is 0.260 e. The summed E-state index contributed by atoms with van der Waals surface area (Å²) in [5.74, 6) is 0.277. The molecule has 0 atom stereocenters. The Kier molecular flexibility index (Phi) is 5.03. The van der Waals surface area contributed by atoms with Crippen LogP contribution < -0.4 is 10.3 Å². The fourth-order valence-corrected chi connectivity index (χ4v) is 3.27. The first-order chi connectivity index (χ1) is 14.2. The molecule has 4 aromatic rings. The maximum atomic E-state index is 13.1. The number of nitrogens with one attached hydrogen (secondary N) is 1. The molecule has 0 spiro atoms. The quantitative estimate of drug-likeness (QED) is 0.408. The number of allylic oxidation sites excluding steroid dienone is 1. The molecule has 0 saturated carbocycles. The highest BCUT2D eigenvalue weighted by Gasteiger charge is 2.19. The zero-order valence-corrected chi connectivity index (χ0v) is 15.8. The Hall–Kier alpha value is -3.99. The van der Waals surface area contributed by atoms with E-state index in [-0.39, 0.29) is 11.3 Å². The second kappa shape index (κ2) is 7.94. The standard InChI is InChI=1S/C24H18N2O3/c1-29-18-8-9-20-19(15-18)22(17-5-3-2-4-6-17)23(24(28)26-20)21(27)10-7-16-11-13-25-14-12-16/h2-15H,1H3,(H,26,28)/b10-7+. The lowest BCUT2D eigenvalue weighted by Crippen LogP contribution is -2.18. The molecule has 2 heterocycles. The Morgan fingerprint density at radius 1 is 1.03 bits per heavy atom. The number of nitrogens with zero attached hydrogens (tertiary/aromatic N) is 1. The van der Waals surface area contributed by atoms with Gasteiger partial charge in [0.15, 0.2) is 5.78 Å². The number of ketones is 1. The number of methoxy groups -OCH3 is 1. The number of aromatic amines is 1. The first-order valence-electron chi connectivity index (χ1n) is 9.09. The minimum absolute atomic E-state index is 0.0993. The summed E-state index contributed by atoms with van der Waals surface area (Å²) >= 11 is 0. The number of ether oxygens (including phenoxy) is 1. The summed E-state index contributed by atoms with van der Waals surface area (Å²) in [7, 11) is 1.58. The van der Waals surface area contributed by atoms with Gasteiger partial charge < -0.3 is 9.72 Å². The van der Waals surface area contributed by atoms with Crippen molar-refractivity contribution < 1.29 is 9.53 Å². The van der Waals surface area contributed by atoms with E-state index >= 15 is 0 Å². The summed E-state index contributed by atoms with van der Waals surface area (Å²) in [6.07, 6.45) is 6.38. The molecular formula is C24H18N2O3. The van der Waals surface area contributed by atoms with E-state index in [9.17, 15) is 9.59 Å². The van der Waals surface area contributed by atoms with E-state index in [1.54, 1.807) is 49.8 Å². The Morgan fingerprint density at radius 3 is 2.52 bits per heavy atom. The predicted molar refractivity (Wildman–Crippen MR) is 114 cm³/mol. The fraction of sp³-hybridized carbons (Fsp3) is 0.0417. The average molecular weight is 382 g/mol. The van der Waals surface area contributed by atoms with E-state index in [4.69, 9.17) is 4.74 Å². The molecule has 0 unspecified atom stereocenters. The van der Waals surface area contributed by atoms with E-state index in [0.29, 0.717) is 16.8 Å². The lowest BCUT2D eigenvalue weighted by Gasteiger charge is -2.12. The van der Waals surface area contributed by atoms with Gasteiger partial charge in [0.25, 0.3) is 5.56 Å². The number of benzene rings is 2. The van der Waals surface area contributed by atoms with E-state index in [1.807, 2.05) is 36.4 Å². The molecule has 0 aliphatic heterocycles. The maximum Gasteiger partial charge on any atom is 0.260 e. The number of hydrogen-bond acceptors (Lipinski definition) is 4. The van der Waals surface area contributed by atoms with Crippen LogP contribution in [0.2, 0.25) is 0 Å².